The standard InChI is InChI=1S/C21H29N5O2/c1-26(2)12-11-23-20(27)17-9-6-7-16(13-17)14-24-21(22)25-19-10-5-4-8-18(19)15-28-3/h4-10,13H,11-12,14-15H2,1-3H3,(H,23,27)(H3,22,24,25). The summed E-state index contributed by atoms with van der Waals surface area (Å²) in [6.07, 6.45) is 0. The second-order valence-corrected chi connectivity index (χ2v) is 6.68. The summed E-state index contributed by atoms with van der Waals surface area (Å²) in [5, 5.41) is 6.01. The Labute approximate surface area is 166 Å². The molecule has 150 valence electrons. The first kappa shape index (κ1) is 21.4. The van der Waals surface area contributed by atoms with Gasteiger partial charge in [0.15, 0.2) is 5.96 Å². The molecule has 7 nitrogen and oxygen atoms in total. The van der Waals surface area contributed by atoms with Crippen LogP contribution in [0.15, 0.2) is 53.5 Å². The van der Waals surface area contributed by atoms with E-state index in [1.165, 1.54) is 0 Å². The van der Waals surface area contributed by atoms with Gasteiger partial charge in [0.25, 0.3) is 5.91 Å². The van der Waals surface area contributed by atoms with E-state index < -0.39 is 0 Å². The molecule has 2 aromatic rings. The van der Waals surface area contributed by atoms with Crippen molar-refractivity contribution in [2.75, 3.05) is 39.6 Å². The van der Waals surface area contributed by atoms with Crippen LogP contribution in [0.5, 0.6) is 0 Å². The van der Waals surface area contributed by atoms with Crippen LogP contribution in [0, 0.1) is 0 Å². The van der Waals surface area contributed by atoms with E-state index in [1.54, 1.807) is 13.2 Å². The second-order valence-electron chi connectivity index (χ2n) is 6.68. The smallest absolute Gasteiger partial charge is 0.251 e. The van der Waals surface area contributed by atoms with Gasteiger partial charge in [0.05, 0.1) is 13.2 Å². The number of anilines is 1. The molecule has 0 unspecified atom stereocenters. The zero-order valence-corrected chi connectivity index (χ0v) is 16.7. The number of benzene rings is 2. The molecule has 0 atom stereocenters. The SMILES string of the molecule is COCc1ccccc1NC(N)=NCc1cccc(C(=O)NCCN(C)C)c1. The van der Waals surface area contributed by atoms with Gasteiger partial charge < -0.3 is 26.0 Å². The average Bonchev–Trinajstić information content (AvgIpc) is 2.68. The largest absolute Gasteiger partial charge is 0.380 e. The van der Waals surface area contributed by atoms with E-state index in [0.29, 0.717) is 31.2 Å². The molecule has 28 heavy (non-hydrogen) atoms. The Morgan fingerprint density at radius 3 is 2.71 bits per heavy atom. The maximum absolute atomic E-state index is 12.2. The van der Waals surface area contributed by atoms with Gasteiger partial charge in [-0.2, -0.15) is 0 Å². The molecule has 2 aromatic carbocycles. The van der Waals surface area contributed by atoms with E-state index in [0.717, 1.165) is 23.4 Å². The Hall–Kier alpha value is -2.90. The quantitative estimate of drug-likeness (QED) is 0.455. The molecule has 2 rings (SSSR count). The predicted octanol–water partition coefficient (Wildman–Crippen LogP) is 2.05. The number of hydrogen-bond acceptors (Lipinski definition) is 4. The molecule has 0 saturated heterocycles. The summed E-state index contributed by atoms with van der Waals surface area (Å²) in [5.74, 6) is 0.219. The number of nitrogens with one attached hydrogen (secondary N) is 2. The molecular weight excluding hydrogens is 354 g/mol. The first-order valence-corrected chi connectivity index (χ1v) is 9.15. The number of nitrogens with two attached hydrogens (primary N) is 1. The lowest BCUT2D eigenvalue weighted by molar-refractivity contribution is 0.0951. The van der Waals surface area contributed by atoms with Gasteiger partial charge in [-0.25, -0.2) is 4.99 Å². The van der Waals surface area contributed by atoms with Gasteiger partial charge >= 0.3 is 0 Å². The number of carbonyl (C=O) groups is 1. The van der Waals surface area contributed by atoms with Gasteiger partial charge in [0.1, 0.15) is 0 Å². The Morgan fingerprint density at radius 2 is 1.96 bits per heavy atom. The van der Waals surface area contributed by atoms with Crippen LogP contribution in [0.2, 0.25) is 0 Å². The van der Waals surface area contributed by atoms with Crippen LogP contribution in [0.1, 0.15) is 21.5 Å². The van der Waals surface area contributed by atoms with E-state index in [1.807, 2.05) is 61.5 Å². The minimum absolute atomic E-state index is 0.0905. The number of para-hydroxylation sites is 1. The van der Waals surface area contributed by atoms with E-state index >= 15 is 0 Å². The van der Waals surface area contributed by atoms with Crippen molar-refractivity contribution in [2.24, 2.45) is 10.7 Å². The third kappa shape index (κ3) is 7.02. The van der Waals surface area contributed by atoms with Gasteiger partial charge in [-0.15, -0.1) is 0 Å². The summed E-state index contributed by atoms with van der Waals surface area (Å²) in [4.78, 5) is 18.6. The lowest BCUT2D eigenvalue weighted by atomic mass is 10.1. The lowest BCUT2D eigenvalue weighted by Crippen LogP contribution is -2.31. The zero-order chi connectivity index (χ0) is 20.4. The summed E-state index contributed by atoms with van der Waals surface area (Å²) in [5.41, 5.74) is 9.41. The fraction of sp³-hybridized carbons (Fsp3) is 0.333. The van der Waals surface area contributed by atoms with Gasteiger partial charge in [-0.1, -0.05) is 30.3 Å². The predicted molar refractivity (Wildman–Crippen MR) is 113 cm³/mol. The maximum Gasteiger partial charge on any atom is 0.251 e. The van der Waals surface area contributed by atoms with E-state index in [2.05, 4.69) is 15.6 Å². The molecule has 0 radical (unpaired) electrons. The van der Waals surface area contributed by atoms with E-state index in [4.69, 9.17) is 10.5 Å². The fourth-order valence-corrected chi connectivity index (χ4v) is 2.58. The van der Waals surface area contributed by atoms with Crippen LogP contribution in [0.4, 0.5) is 5.69 Å². The van der Waals surface area contributed by atoms with Crippen LogP contribution in [0.3, 0.4) is 0 Å². The lowest BCUT2D eigenvalue weighted by Gasteiger charge is -2.11. The monoisotopic (exact) mass is 383 g/mol. The summed E-state index contributed by atoms with van der Waals surface area (Å²) in [7, 11) is 5.59. The highest BCUT2D eigenvalue weighted by Crippen LogP contribution is 2.15. The summed E-state index contributed by atoms with van der Waals surface area (Å²) >= 11 is 0. The normalized spacial score (nSPS) is 11.5. The number of aliphatic imine (C=N–C) groups is 1. The number of hydrogen-bond donors (Lipinski definition) is 3. The fourth-order valence-electron chi connectivity index (χ4n) is 2.58. The number of methoxy groups -OCH3 is 1. The average molecular weight is 383 g/mol. The zero-order valence-electron chi connectivity index (χ0n) is 16.7. The van der Waals surface area contributed by atoms with Gasteiger partial charge in [0.2, 0.25) is 0 Å². The van der Waals surface area contributed by atoms with Gasteiger partial charge in [-0.05, 0) is 37.9 Å². The van der Waals surface area contributed by atoms with Gasteiger partial charge in [-0.3, -0.25) is 4.79 Å². The second kappa shape index (κ2) is 11.1. The molecule has 0 heterocycles. The summed E-state index contributed by atoms with van der Waals surface area (Å²) in [6, 6.07) is 15.2. The molecule has 0 fully saturated rings. The van der Waals surface area contributed by atoms with Crippen molar-refractivity contribution in [1.82, 2.24) is 10.2 Å². The molecule has 0 spiro atoms. The molecule has 0 aromatic heterocycles. The van der Waals surface area contributed by atoms with Crippen molar-refractivity contribution in [3.63, 3.8) is 0 Å². The Kier molecular flexibility index (Phi) is 8.45. The highest BCUT2D eigenvalue weighted by atomic mass is 16.5. The highest BCUT2D eigenvalue weighted by Gasteiger charge is 2.06. The minimum atomic E-state index is -0.0905. The molecule has 0 bridgehead atoms. The molecule has 0 aliphatic carbocycles. The highest BCUT2D eigenvalue weighted by molar-refractivity contribution is 5.94. The van der Waals surface area contributed by atoms with Crippen molar-refractivity contribution < 1.29 is 9.53 Å². The third-order valence-electron chi connectivity index (χ3n) is 4.05. The number of nitrogens with zero attached hydrogens (tertiary/aromatic N) is 2. The Morgan fingerprint density at radius 1 is 1.18 bits per heavy atom. The van der Waals surface area contributed by atoms with Crippen molar-refractivity contribution in [2.45, 2.75) is 13.2 Å². The topological polar surface area (TPSA) is 92.0 Å². The van der Waals surface area contributed by atoms with Crippen LogP contribution < -0.4 is 16.4 Å². The number of guanidine groups is 1. The molecule has 0 aliphatic rings. The molecule has 7 heteroatoms. The van der Waals surface area contributed by atoms with Crippen LogP contribution in [0.25, 0.3) is 0 Å². The Balaban J connectivity index is 1.97. The van der Waals surface area contributed by atoms with Crippen LogP contribution in [-0.4, -0.2) is 51.1 Å². The van der Waals surface area contributed by atoms with Crippen LogP contribution in [-0.2, 0) is 17.9 Å². The first-order valence-electron chi connectivity index (χ1n) is 9.15. The van der Waals surface area contributed by atoms with Gasteiger partial charge in [0, 0.05) is 37.0 Å². The number of carbonyl (C=O) groups excluding carboxylic acids is 1. The first-order chi connectivity index (χ1) is 13.5. The Bertz CT molecular complexity index is 805. The minimum Gasteiger partial charge on any atom is -0.380 e. The molecule has 1 amide bonds. The number of rotatable bonds is 9. The van der Waals surface area contributed by atoms with E-state index in [9.17, 15) is 4.79 Å². The summed E-state index contributed by atoms with van der Waals surface area (Å²) < 4.78 is 5.19. The van der Waals surface area contributed by atoms with E-state index in [-0.39, 0.29) is 5.91 Å². The molecule has 0 aliphatic heterocycles. The molecular formula is C21H29N5O2. The van der Waals surface area contributed by atoms with Crippen molar-refractivity contribution in [1.29, 1.82) is 0 Å². The van der Waals surface area contributed by atoms with Crippen molar-refractivity contribution in [3.8, 4) is 0 Å². The van der Waals surface area contributed by atoms with Crippen molar-refractivity contribution in [3.05, 3.63) is 65.2 Å². The third-order valence-corrected chi connectivity index (χ3v) is 4.05. The summed E-state index contributed by atoms with van der Waals surface area (Å²) in [6.45, 7) is 2.26. The molecule has 4 N–H and O–H groups in total. The maximum atomic E-state index is 12.2. The number of likely N-dealkylation sites (N-methyl/N-ethyl adjacent to an activating group) is 1. The molecule has 0 saturated carbocycles. The van der Waals surface area contributed by atoms with Crippen LogP contribution >= 0.6 is 0 Å². The van der Waals surface area contributed by atoms with Crippen molar-refractivity contribution >= 4 is 17.6 Å². The number of amides is 1. The number of ether oxygens (including phenoxy) is 1.